The summed E-state index contributed by atoms with van der Waals surface area (Å²) in [5, 5.41) is 11.4. The molecule has 1 heterocycles. The van der Waals surface area contributed by atoms with E-state index in [9.17, 15) is 4.79 Å². The monoisotopic (exact) mass is 228 g/mol. The Labute approximate surface area is 98.8 Å². The molecule has 0 saturated heterocycles. The van der Waals surface area contributed by atoms with Gasteiger partial charge in [-0.25, -0.2) is 4.68 Å². The summed E-state index contributed by atoms with van der Waals surface area (Å²) in [5.74, 6) is 0.0555. The van der Waals surface area contributed by atoms with Gasteiger partial charge < -0.3 is 0 Å². The van der Waals surface area contributed by atoms with E-state index in [0.717, 1.165) is 5.71 Å². The van der Waals surface area contributed by atoms with Crippen LogP contribution in [0, 0.1) is 0 Å². The molecule has 1 aromatic carbocycles. The maximum absolute atomic E-state index is 11.9. The molecule has 0 fully saturated rings. The lowest BCUT2D eigenvalue weighted by molar-refractivity contribution is 0.100. The molecule has 0 radical (unpaired) electrons. The van der Waals surface area contributed by atoms with E-state index < -0.39 is 0 Å². The van der Waals surface area contributed by atoms with Crippen LogP contribution in [-0.4, -0.2) is 26.4 Å². The molecule has 1 aromatic heterocycles. The van der Waals surface area contributed by atoms with Crippen molar-refractivity contribution in [3.05, 3.63) is 48.5 Å². The molecule has 2 rings (SSSR count). The Morgan fingerprint density at radius 1 is 1.24 bits per heavy atom. The number of carbonyl (C=O) groups is 1. The minimum absolute atomic E-state index is 0.0555. The van der Waals surface area contributed by atoms with Crippen LogP contribution < -0.4 is 0 Å². The van der Waals surface area contributed by atoms with Crippen molar-refractivity contribution in [3.63, 3.8) is 0 Å². The number of hydrogen-bond donors (Lipinski definition) is 0. The molecular weight excluding hydrogens is 216 g/mol. The Bertz CT molecular complexity index is 517. The van der Waals surface area contributed by atoms with Crippen molar-refractivity contribution in [1.82, 2.24) is 14.9 Å². The first-order valence-electron chi connectivity index (χ1n) is 5.23. The van der Waals surface area contributed by atoms with Gasteiger partial charge in [0.1, 0.15) is 12.7 Å². The normalized spacial score (nSPS) is 11.5. The van der Waals surface area contributed by atoms with Gasteiger partial charge in [-0.15, -0.1) is 10.2 Å². The lowest BCUT2D eigenvalue weighted by atomic mass is 10.1. The Balaban J connectivity index is 2.05. The van der Waals surface area contributed by atoms with Crippen molar-refractivity contribution in [2.75, 3.05) is 0 Å². The average molecular weight is 228 g/mol. The van der Waals surface area contributed by atoms with Gasteiger partial charge in [0, 0.05) is 11.3 Å². The zero-order valence-corrected chi connectivity index (χ0v) is 9.45. The third-order valence-corrected chi connectivity index (χ3v) is 2.20. The van der Waals surface area contributed by atoms with Crippen LogP contribution >= 0.6 is 0 Å². The zero-order chi connectivity index (χ0) is 12.1. The van der Waals surface area contributed by atoms with E-state index in [1.54, 1.807) is 19.1 Å². The summed E-state index contributed by atoms with van der Waals surface area (Å²) in [7, 11) is 0. The summed E-state index contributed by atoms with van der Waals surface area (Å²) in [6.45, 7) is 1.81. The predicted octanol–water partition coefficient (Wildman–Crippen LogP) is 1.78. The number of nitrogens with zero attached hydrogens (tertiary/aromatic N) is 4. The first kappa shape index (κ1) is 11.2. The molecule has 0 atom stereocenters. The topological polar surface area (TPSA) is 60.1 Å². The molecule has 0 amide bonds. The zero-order valence-electron chi connectivity index (χ0n) is 9.45. The lowest BCUT2D eigenvalue weighted by Crippen LogP contribution is -2.06. The van der Waals surface area contributed by atoms with Gasteiger partial charge in [0.25, 0.3) is 0 Å². The highest BCUT2D eigenvalue weighted by atomic mass is 16.1. The molecule has 0 aliphatic heterocycles. The summed E-state index contributed by atoms with van der Waals surface area (Å²) < 4.78 is 1.48. The van der Waals surface area contributed by atoms with Crippen LogP contribution in [0.1, 0.15) is 23.7 Å². The van der Waals surface area contributed by atoms with Crippen LogP contribution in [0.4, 0.5) is 0 Å². The smallest absolute Gasteiger partial charge is 0.168 e. The summed E-state index contributed by atoms with van der Waals surface area (Å²) >= 11 is 0. The maximum Gasteiger partial charge on any atom is 0.168 e. The number of aromatic nitrogens is 3. The van der Waals surface area contributed by atoms with E-state index in [1.807, 2.05) is 18.2 Å². The van der Waals surface area contributed by atoms with Crippen LogP contribution in [0.25, 0.3) is 0 Å². The Hall–Kier alpha value is -2.30. The SMILES string of the molecule is C/C(CC(=O)c1ccccc1)=N\n1cnnc1. The molecular formula is C12H12N4O. The van der Waals surface area contributed by atoms with Crippen LogP contribution in [0.5, 0.6) is 0 Å². The van der Waals surface area contributed by atoms with Gasteiger partial charge in [-0.3, -0.25) is 4.79 Å². The van der Waals surface area contributed by atoms with Crippen LogP contribution in [0.15, 0.2) is 48.1 Å². The van der Waals surface area contributed by atoms with Crippen molar-refractivity contribution in [1.29, 1.82) is 0 Å². The fraction of sp³-hybridized carbons (Fsp3) is 0.167. The van der Waals surface area contributed by atoms with Gasteiger partial charge in [-0.1, -0.05) is 30.3 Å². The lowest BCUT2D eigenvalue weighted by Gasteiger charge is -2.00. The van der Waals surface area contributed by atoms with Crippen molar-refractivity contribution in [2.24, 2.45) is 5.10 Å². The molecule has 0 aliphatic rings. The van der Waals surface area contributed by atoms with Crippen molar-refractivity contribution >= 4 is 11.5 Å². The third-order valence-electron chi connectivity index (χ3n) is 2.20. The number of hydrogen-bond acceptors (Lipinski definition) is 4. The molecule has 0 bridgehead atoms. The first-order chi connectivity index (χ1) is 8.25. The molecule has 17 heavy (non-hydrogen) atoms. The third kappa shape index (κ3) is 3.07. The molecule has 0 saturated carbocycles. The minimum Gasteiger partial charge on any atom is -0.294 e. The van der Waals surface area contributed by atoms with Crippen molar-refractivity contribution < 1.29 is 4.79 Å². The fourth-order valence-electron chi connectivity index (χ4n) is 1.44. The predicted molar refractivity (Wildman–Crippen MR) is 63.9 cm³/mol. The molecule has 0 spiro atoms. The van der Waals surface area contributed by atoms with Gasteiger partial charge >= 0.3 is 0 Å². The van der Waals surface area contributed by atoms with Gasteiger partial charge in [0.05, 0.1) is 6.42 Å². The van der Waals surface area contributed by atoms with E-state index in [2.05, 4.69) is 15.3 Å². The highest BCUT2D eigenvalue weighted by Crippen LogP contribution is 2.04. The molecule has 0 unspecified atom stereocenters. The highest BCUT2D eigenvalue weighted by Gasteiger charge is 2.06. The second-order valence-corrected chi connectivity index (χ2v) is 3.64. The second kappa shape index (κ2) is 5.16. The van der Waals surface area contributed by atoms with Crippen LogP contribution in [-0.2, 0) is 0 Å². The largest absolute Gasteiger partial charge is 0.294 e. The highest BCUT2D eigenvalue weighted by molar-refractivity contribution is 6.08. The number of rotatable bonds is 4. The number of ketones is 1. The van der Waals surface area contributed by atoms with Gasteiger partial charge in [-0.05, 0) is 6.92 Å². The number of benzene rings is 1. The van der Waals surface area contributed by atoms with E-state index >= 15 is 0 Å². The van der Waals surface area contributed by atoms with E-state index in [-0.39, 0.29) is 5.78 Å². The number of Topliss-reactive ketones (excluding diaryl/α,β-unsaturated/α-hetero) is 1. The van der Waals surface area contributed by atoms with E-state index in [0.29, 0.717) is 12.0 Å². The molecule has 0 aliphatic carbocycles. The van der Waals surface area contributed by atoms with Crippen LogP contribution in [0.2, 0.25) is 0 Å². The van der Waals surface area contributed by atoms with Crippen molar-refractivity contribution in [3.8, 4) is 0 Å². The molecule has 86 valence electrons. The van der Waals surface area contributed by atoms with Gasteiger partial charge in [-0.2, -0.15) is 5.10 Å². The summed E-state index contributed by atoms with van der Waals surface area (Å²) in [4.78, 5) is 11.9. The summed E-state index contributed by atoms with van der Waals surface area (Å²) in [6.07, 6.45) is 3.26. The van der Waals surface area contributed by atoms with Gasteiger partial charge in [0.2, 0.25) is 0 Å². The summed E-state index contributed by atoms with van der Waals surface area (Å²) in [6, 6.07) is 9.18. The average Bonchev–Trinajstić information content (AvgIpc) is 2.82. The van der Waals surface area contributed by atoms with E-state index in [1.165, 1.54) is 17.3 Å². The van der Waals surface area contributed by atoms with Crippen molar-refractivity contribution in [2.45, 2.75) is 13.3 Å². The maximum atomic E-state index is 11.9. The van der Waals surface area contributed by atoms with Crippen LogP contribution in [0.3, 0.4) is 0 Å². The second-order valence-electron chi connectivity index (χ2n) is 3.64. The Kier molecular flexibility index (Phi) is 3.40. The quantitative estimate of drug-likeness (QED) is 0.592. The summed E-state index contributed by atoms with van der Waals surface area (Å²) in [5.41, 5.74) is 1.42. The molecule has 0 N–H and O–H groups in total. The Morgan fingerprint density at radius 3 is 2.53 bits per heavy atom. The van der Waals surface area contributed by atoms with E-state index in [4.69, 9.17) is 0 Å². The molecule has 2 aromatic rings. The standard InChI is InChI=1S/C12H12N4O/c1-10(15-16-8-13-14-9-16)7-12(17)11-5-3-2-4-6-11/h2-6,8-9H,7H2,1H3/b15-10+. The fourth-order valence-corrected chi connectivity index (χ4v) is 1.44. The molecule has 5 heteroatoms. The minimum atomic E-state index is 0.0555. The van der Waals surface area contributed by atoms with Gasteiger partial charge in [0.15, 0.2) is 5.78 Å². The first-order valence-corrected chi connectivity index (χ1v) is 5.23. The number of carbonyl (C=O) groups excluding carboxylic acids is 1. The Morgan fingerprint density at radius 2 is 1.88 bits per heavy atom. The molecule has 5 nitrogen and oxygen atoms in total.